The van der Waals surface area contributed by atoms with Crippen molar-refractivity contribution in [3.05, 3.63) is 35.9 Å². The molecular weight excluding hydrogens is 310 g/mol. The molecule has 3 fully saturated rings. The van der Waals surface area contributed by atoms with E-state index in [2.05, 4.69) is 45.4 Å². The van der Waals surface area contributed by atoms with Crippen LogP contribution in [0.4, 0.5) is 4.79 Å². The van der Waals surface area contributed by atoms with Crippen molar-refractivity contribution in [2.45, 2.75) is 56.4 Å². The van der Waals surface area contributed by atoms with E-state index >= 15 is 0 Å². The van der Waals surface area contributed by atoms with Gasteiger partial charge in [0.2, 0.25) is 0 Å². The molecule has 0 bridgehead atoms. The molecule has 1 saturated carbocycles. The predicted molar refractivity (Wildman–Crippen MR) is 101 cm³/mol. The first-order valence-corrected chi connectivity index (χ1v) is 10.1. The second-order valence-corrected chi connectivity index (χ2v) is 8.12. The van der Waals surface area contributed by atoms with Crippen LogP contribution >= 0.6 is 0 Å². The number of rotatable bonds is 4. The van der Waals surface area contributed by atoms with Crippen molar-refractivity contribution < 1.29 is 4.79 Å². The molecule has 1 aromatic carbocycles. The highest BCUT2D eigenvalue weighted by atomic mass is 16.2. The highest BCUT2D eigenvalue weighted by Crippen LogP contribution is 2.47. The van der Waals surface area contributed by atoms with E-state index in [-0.39, 0.29) is 11.4 Å². The summed E-state index contributed by atoms with van der Waals surface area (Å²) in [6, 6.07) is 11.5. The summed E-state index contributed by atoms with van der Waals surface area (Å²) in [5.41, 5.74) is 1.57. The minimum atomic E-state index is 0.143. The normalized spacial score (nSPS) is 26.2. The zero-order chi connectivity index (χ0) is 17.1. The van der Waals surface area contributed by atoms with E-state index in [0.29, 0.717) is 6.04 Å². The Morgan fingerprint density at radius 2 is 1.76 bits per heavy atom. The molecule has 25 heavy (non-hydrogen) atoms. The first-order chi connectivity index (χ1) is 12.3. The lowest BCUT2D eigenvalue weighted by Gasteiger charge is -2.27. The Balaban J connectivity index is 1.28. The third-order valence-corrected chi connectivity index (χ3v) is 6.46. The Morgan fingerprint density at radius 1 is 1.00 bits per heavy atom. The SMILES string of the molecule is O=C(NCC1(c2ccccc2)CC1)N1CCCC(N2CCCC2)CC1. The van der Waals surface area contributed by atoms with Crippen LogP contribution < -0.4 is 5.32 Å². The average Bonchev–Trinajstić information content (AvgIpc) is 3.34. The van der Waals surface area contributed by atoms with Crippen molar-refractivity contribution in [3.8, 4) is 0 Å². The smallest absolute Gasteiger partial charge is 0.317 e. The molecule has 1 aliphatic carbocycles. The molecule has 1 N–H and O–H groups in total. The molecule has 0 spiro atoms. The Hall–Kier alpha value is -1.55. The Kier molecular flexibility index (Phi) is 4.98. The lowest BCUT2D eigenvalue weighted by molar-refractivity contribution is 0.193. The fourth-order valence-electron chi connectivity index (χ4n) is 4.62. The second-order valence-electron chi connectivity index (χ2n) is 8.12. The van der Waals surface area contributed by atoms with Crippen molar-refractivity contribution in [2.24, 2.45) is 0 Å². The topological polar surface area (TPSA) is 35.6 Å². The van der Waals surface area contributed by atoms with Crippen LogP contribution in [0.5, 0.6) is 0 Å². The monoisotopic (exact) mass is 341 g/mol. The van der Waals surface area contributed by atoms with E-state index in [1.165, 1.54) is 50.8 Å². The van der Waals surface area contributed by atoms with Gasteiger partial charge in [-0.2, -0.15) is 0 Å². The predicted octanol–water partition coefficient (Wildman–Crippen LogP) is 3.38. The molecule has 136 valence electrons. The number of carbonyl (C=O) groups is 1. The van der Waals surface area contributed by atoms with Gasteiger partial charge in [-0.15, -0.1) is 0 Å². The van der Waals surface area contributed by atoms with Gasteiger partial charge in [0.1, 0.15) is 0 Å². The van der Waals surface area contributed by atoms with Crippen molar-refractivity contribution in [1.82, 2.24) is 15.1 Å². The van der Waals surface area contributed by atoms with E-state index in [1.807, 2.05) is 0 Å². The van der Waals surface area contributed by atoms with Crippen LogP contribution in [0.3, 0.4) is 0 Å². The van der Waals surface area contributed by atoms with E-state index in [4.69, 9.17) is 0 Å². The maximum absolute atomic E-state index is 12.7. The number of amides is 2. The fourth-order valence-corrected chi connectivity index (χ4v) is 4.62. The molecule has 0 aromatic heterocycles. The second kappa shape index (κ2) is 7.36. The minimum Gasteiger partial charge on any atom is -0.337 e. The van der Waals surface area contributed by atoms with Crippen LogP contribution in [0.15, 0.2) is 30.3 Å². The van der Waals surface area contributed by atoms with Gasteiger partial charge in [-0.25, -0.2) is 4.79 Å². The lowest BCUT2D eigenvalue weighted by Crippen LogP contribution is -2.43. The van der Waals surface area contributed by atoms with E-state index in [9.17, 15) is 4.79 Å². The molecule has 1 unspecified atom stereocenters. The largest absolute Gasteiger partial charge is 0.337 e. The van der Waals surface area contributed by atoms with Crippen LogP contribution in [0.25, 0.3) is 0 Å². The zero-order valence-electron chi connectivity index (χ0n) is 15.3. The van der Waals surface area contributed by atoms with Gasteiger partial charge in [-0.3, -0.25) is 0 Å². The van der Waals surface area contributed by atoms with Crippen molar-refractivity contribution in [2.75, 3.05) is 32.7 Å². The van der Waals surface area contributed by atoms with Crippen molar-refractivity contribution >= 4 is 6.03 Å². The number of benzene rings is 1. The Labute approximate surface area is 151 Å². The van der Waals surface area contributed by atoms with E-state index < -0.39 is 0 Å². The number of likely N-dealkylation sites (tertiary alicyclic amines) is 2. The van der Waals surface area contributed by atoms with Gasteiger partial charge in [0.25, 0.3) is 0 Å². The standard InChI is InChI=1S/C21H31N3O/c25-20(22-17-21(11-12-21)18-7-2-1-3-8-18)24-15-6-9-19(10-16-24)23-13-4-5-14-23/h1-3,7-8,19H,4-6,9-17H2,(H,22,25). The summed E-state index contributed by atoms with van der Waals surface area (Å²) in [4.78, 5) is 17.4. The quantitative estimate of drug-likeness (QED) is 0.911. The van der Waals surface area contributed by atoms with Gasteiger partial charge in [-0.05, 0) is 63.6 Å². The van der Waals surface area contributed by atoms with Gasteiger partial charge < -0.3 is 15.1 Å². The van der Waals surface area contributed by atoms with Crippen LogP contribution in [-0.2, 0) is 5.41 Å². The molecule has 4 nitrogen and oxygen atoms in total. The Bertz CT molecular complexity index is 578. The molecule has 0 radical (unpaired) electrons. The number of hydrogen-bond acceptors (Lipinski definition) is 2. The average molecular weight is 341 g/mol. The third-order valence-electron chi connectivity index (χ3n) is 6.46. The van der Waals surface area contributed by atoms with Crippen LogP contribution in [-0.4, -0.2) is 54.6 Å². The van der Waals surface area contributed by atoms with Crippen LogP contribution in [0, 0.1) is 0 Å². The number of nitrogens with zero attached hydrogens (tertiary/aromatic N) is 2. The summed E-state index contributed by atoms with van der Waals surface area (Å²) in [5, 5.41) is 3.24. The zero-order valence-corrected chi connectivity index (χ0v) is 15.3. The minimum absolute atomic E-state index is 0.143. The molecule has 1 atom stereocenters. The molecule has 2 aliphatic heterocycles. The molecule has 2 saturated heterocycles. The van der Waals surface area contributed by atoms with Crippen LogP contribution in [0.1, 0.15) is 50.5 Å². The molecule has 2 heterocycles. The number of urea groups is 1. The molecule has 3 aliphatic rings. The van der Waals surface area contributed by atoms with Crippen molar-refractivity contribution in [3.63, 3.8) is 0 Å². The Morgan fingerprint density at radius 3 is 2.48 bits per heavy atom. The first-order valence-electron chi connectivity index (χ1n) is 10.1. The lowest BCUT2D eigenvalue weighted by atomic mass is 9.96. The van der Waals surface area contributed by atoms with Gasteiger partial charge in [0, 0.05) is 31.1 Å². The fraction of sp³-hybridized carbons (Fsp3) is 0.667. The summed E-state index contributed by atoms with van der Waals surface area (Å²) in [5.74, 6) is 0. The van der Waals surface area contributed by atoms with E-state index in [0.717, 1.165) is 32.5 Å². The van der Waals surface area contributed by atoms with Gasteiger partial charge >= 0.3 is 6.03 Å². The molecule has 2 amide bonds. The number of carbonyl (C=O) groups excluding carboxylic acids is 1. The summed E-state index contributed by atoms with van der Waals surface area (Å²) in [6.07, 6.45) is 8.60. The molecular formula is C21H31N3O. The summed E-state index contributed by atoms with van der Waals surface area (Å²) in [6.45, 7) is 5.12. The van der Waals surface area contributed by atoms with Crippen molar-refractivity contribution in [1.29, 1.82) is 0 Å². The molecule has 4 heteroatoms. The van der Waals surface area contributed by atoms with Crippen LogP contribution in [0.2, 0.25) is 0 Å². The summed E-state index contributed by atoms with van der Waals surface area (Å²) < 4.78 is 0. The first kappa shape index (κ1) is 16.9. The number of nitrogens with one attached hydrogen (secondary N) is 1. The highest BCUT2D eigenvalue weighted by Gasteiger charge is 2.44. The van der Waals surface area contributed by atoms with E-state index in [1.54, 1.807) is 0 Å². The summed E-state index contributed by atoms with van der Waals surface area (Å²) >= 11 is 0. The van der Waals surface area contributed by atoms with Gasteiger partial charge in [-0.1, -0.05) is 30.3 Å². The molecule has 4 rings (SSSR count). The highest BCUT2D eigenvalue weighted by molar-refractivity contribution is 5.74. The maximum atomic E-state index is 12.7. The number of hydrogen-bond donors (Lipinski definition) is 1. The van der Waals surface area contributed by atoms with Gasteiger partial charge in [0.15, 0.2) is 0 Å². The van der Waals surface area contributed by atoms with Gasteiger partial charge in [0.05, 0.1) is 0 Å². The summed E-state index contributed by atoms with van der Waals surface area (Å²) in [7, 11) is 0. The molecule has 1 aromatic rings. The maximum Gasteiger partial charge on any atom is 0.317 e. The third kappa shape index (κ3) is 3.84.